The number of benzene rings is 3. The molecule has 0 unspecified atom stereocenters. The van der Waals surface area contributed by atoms with Gasteiger partial charge in [-0.1, -0.05) is 24.3 Å². The van der Waals surface area contributed by atoms with Crippen LogP contribution in [0.3, 0.4) is 0 Å². The summed E-state index contributed by atoms with van der Waals surface area (Å²) < 4.78 is 11.5. The number of rotatable bonds is 7. The van der Waals surface area contributed by atoms with Crippen LogP contribution in [0.5, 0.6) is 0 Å². The minimum Gasteiger partial charge on any atom is -0.435 e. The number of aromatic nitrogens is 1. The van der Waals surface area contributed by atoms with E-state index < -0.39 is 5.41 Å². The van der Waals surface area contributed by atoms with Gasteiger partial charge in [0, 0.05) is 24.9 Å². The van der Waals surface area contributed by atoms with E-state index in [0.29, 0.717) is 35.7 Å². The van der Waals surface area contributed by atoms with Crippen molar-refractivity contribution in [3.8, 4) is 28.7 Å². The van der Waals surface area contributed by atoms with E-state index in [0.717, 1.165) is 71.3 Å². The molecule has 2 N–H and O–H groups in total. The number of hydrogen-bond acceptors (Lipinski definition) is 7. The molecule has 1 aliphatic rings. The molecule has 1 aliphatic heterocycles. The van der Waals surface area contributed by atoms with Crippen LogP contribution in [0.1, 0.15) is 35.1 Å². The molecule has 194 valence electrons. The molecule has 0 saturated carbocycles. The van der Waals surface area contributed by atoms with Crippen LogP contribution in [0.2, 0.25) is 0 Å². The molecule has 7 heteroatoms. The molecule has 7 nitrogen and oxygen atoms in total. The summed E-state index contributed by atoms with van der Waals surface area (Å²) in [6.07, 6.45) is 2.57. The standard InChI is InChI=1S/C31H32N4O3/c1-20-24(25-7-5-9-27(33)21(25)2)6-4-8-26(20)30-34-28-15-22(14-23(16-32)29(28)38-30)17-35-12-10-31(18-36,11-13-35)19-37-3/h4-9,14-15,18H,10-13,17,19,33H2,1-3H3. The van der Waals surface area contributed by atoms with Crippen LogP contribution in [0, 0.1) is 30.6 Å². The number of nitrogens with two attached hydrogens (primary N) is 1. The highest BCUT2D eigenvalue weighted by molar-refractivity contribution is 5.85. The van der Waals surface area contributed by atoms with Gasteiger partial charge in [-0.05, 0) is 91.9 Å². The molecule has 0 bridgehead atoms. The van der Waals surface area contributed by atoms with Crippen LogP contribution in [0.25, 0.3) is 33.7 Å². The number of nitriles is 1. The number of anilines is 1. The first kappa shape index (κ1) is 25.7. The molecule has 2 heterocycles. The van der Waals surface area contributed by atoms with Gasteiger partial charge in [-0.3, -0.25) is 4.90 Å². The van der Waals surface area contributed by atoms with E-state index in [9.17, 15) is 10.1 Å². The number of ether oxygens (including phenoxy) is 1. The highest BCUT2D eigenvalue weighted by Crippen LogP contribution is 2.36. The number of piperidine rings is 1. The van der Waals surface area contributed by atoms with E-state index in [-0.39, 0.29) is 0 Å². The summed E-state index contributed by atoms with van der Waals surface area (Å²) >= 11 is 0. The van der Waals surface area contributed by atoms with Crippen molar-refractivity contribution >= 4 is 23.1 Å². The lowest BCUT2D eigenvalue weighted by Crippen LogP contribution is -2.42. The quantitative estimate of drug-likeness (QED) is 0.254. The van der Waals surface area contributed by atoms with Crippen LogP contribution in [-0.4, -0.2) is 43.0 Å². The first-order valence-corrected chi connectivity index (χ1v) is 12.8. The molecule has 0 aliphatic carbocycles. The third-order valence-corrected chi connectivity index (χ3v) is 7.84. The number of methoxy groups -OCH3 is 1. The van der Waals surface area contributed by atoms with Gasteiger partial charge >= 0.3 is 0 Å². The van der Waals surface area contributed by atoms with Crippen LogP contribution in [-0.2, 0) is 16.1 Å². The second kappa shape index (κ2) is 10.4. The Kier molecular flexibility index (Phi) is 7.02. The molecule has 1 fully saturated rings. The average molecular weight is 509 g/mol. The molecule has 0 atom stereocenters. The number of likely N-dealkylation sites (tertiary alicyclic amines) is 1. The van der Waals surface area contributed by atoms with Gasteiger partial charge < -0.3 is 19.7 Å². The van der Waals surface area contributed by atoms with Crippen molar-refractivity contribution in [2.75, 3.05) is 32.5 Å². The summed E-state index contributed by atoms with van der Waals surface area (Å²) in [5, 5.41) is 9.89. The molecule has 5 rings (SSSR count). The normalized spacial score (nSPS) is 15.4. The Morgan fingerprint density at radius 1 is 1.11 bits per heavy atom. The predicted octanol–water partition coefficient (Wildman–Crippen LogP) is 5.66. The average Bonchev–Trinajstić information content (AvgIpc) is 3.35. The number of aldehydes is 1. The summed E-state index contributed by atoms with van der Waals surface area (Å²) in [6.45, 7) is 6.79. The third-order valence-electron chi connectivity index (χ3n) is 7.84. The van der Waals surface area contributed by atoms with Crippen molar-refractivity contribution in [3.05, 3.63) is 70.8 Å². The second-order valence-electron chi connectivity index (χ2n) is 10.3. The molecule has 0 spiro atoms. The molecular formula is C31H32N4O3. The van der Waals surface area contributed by atoms with Gasteiger partial charge in [-0.2, -0.15) is 5.26 Å². The number of carbonyl (C=O) groups is 1. The van der Waals surface area contributed by atoms with Crippen LogP contribution < -0.4 is 5.73 Å². The third kappa shape index (κ3) is 4.69. The zero-order valence-electron chi connectivity index (χ0n) is 22.1. The maximum Gasteiger partial charge on any atom is 0.227 e. The predicted molar refractivity (Wildman–Crippen MR) is 148 cm³/mol. The molecule has 3 aromatic carbocycles. The van der Waals surface area contributed by atoms with Crippen molar-refractivity contribution in [2.24, 2.45) is 5.41 Å². The lowest BCUT2D eigenvalue weighted by Gasteiger charge is -2.37. The SMILES string of the molecule is COCC1(C=O)CCN(Cc2cc(C#N)c3oc(-c4cccc(-c5cccc(N)c5C)c4C)nc3c2)CC1. The van der Waals surface area contributed by atoms with Gasteiger partial charge in [0.05, 0.1) is 17.6 Å². The zero-order chi connectivity index (χ0) is 26.9. The topological polar surface area (TPSA) is 105 Å². The fraction of sp³-hybridized carbons (Fsp3) is 0.323. The maximum absolute atomic E-state index is 11.7. The Bertz CT molecular complexity index is 1540. The lowest BCUT2D eigenvalue weighted by atomic mass is 9.80. The van der Waals surface area contributed by atoms with Gasteiger partial charge in [-0.25, -0.2) is 4.98 Å². The van der Waals surface area contributed by atoms with E-state index >= 15 is 0 Å². The van der Waals surface area contributed by atoms with Crippen molar-refractivity contribution < 1.29 is 13.9 Å². The van der Waals surface area contributed by atoms with Gasteiger partial charge in [0.25, 0.3) is 0 Å². The van der Waals surface area contributed by atoms with Gasteiger partial charge in [-0.15, -0.1) is 0 Å². The van der Waals surface area contributed by atoms with Gasteiger partial charge in [0.15, 0.2) is 5.58 Å². The molecule has 1 aromatic heterocycles. The van der Waals surface area contributed by atoms with Crippen LogP contribution in [0.15, 0.2) is 52.9 Å². The maximum atomic E-state index is 11.7. The van der Waals surface area contributed by atoms with E-state index in [4.69, 9.17) is 19.9 Å². The fourth-order valence-corrected chi connectivity index (χ4v) is 5.48. The number of fused-ring (bicyclic) bond motifs is 1. The fourth-order valence-electron chi connectivity index (χ4n) is 5.48. The Morgan fingerprint density at radius 3 is 2.47 bits per heavy atom. The number of oxazole rings is 1. The minimum atomic E-state index is -0.398. The largest absolute Gasteiger partial charge is 0.435 e. The van der Waals surface area contributed by atoms with E-state index in [2.05, 4.69) is 30.0 Å². The Labute approximate surface area is 222 Å². The molecule has 0 radical (unpaired) electrons. The minimum absolute atomic E-state index is 0.398. The first-order chi connectivity index (χ1) is 18.4. The Hall–Kier alpha value is -3.99. The van der Waals surface area contributed by atoms with E-state index in [1.807, 2.05) is 43.3 Å². The second-order valence-corrected chi connectivity index (χ2v) is 10.3. The summed E-state index contributed by atoms with van der Waals surface area (Å²) in [4.78, 5) is 18.8. The molecular weight excluding hydrogens is 476 g/mol. The lowest BCUT2D eigenvalue weighted by molar-refractivity contribution is -0.122. The van der Waals surface area contributed by atoms with Crippen molar-refractivity contribution in [1.29, 1.82) is 5.26 Å². The van der Waals surface area contributed by atoms with Crippen molar-refractivity contribution in [1.82, 2.24) is 9.88 Å². The van der Waals surface area contributed by atoms with E-state index in [1.54, 1.807) is 7.11 Å². The summed E-state index contributed by atoms with van der Waals surface area (Å²) in [6, 6.07) is 18.2. The molecule has 38 heavy (non-hydrogen) atoms. The molecule has 1 saturated heterocycles. The Morgan fingerprint density at radius 2 is 1.79 bits per heavy atom. The van der Waals surface area contributed by atoms with E-state index in [1.165, 1.54) is 0 Å². The van der Waals surface area contributed by atoms with Gasteiger partial charge in [0.2, 0.25) is 5.89 Å². The number of hydrogen-bond donors (Lipinski definition) is 1. The highest BCUT2D eigenvalue weighted by atomic mass is 16.5. The number of nitrogen functional groups attached to an aromatic ring is 1. The molecule has 4 aromatic rings. The monoisotopic (exact) mass is 508 g/mol. The van der Waals surface area contributed by atoms with Crippen LogP contribution >= 0.6 is 0 Å². The smallest absolute Gasteiger partial charge is 0.227 e. The van der Waals surface area contributed by atoms with Crippen LogP contribution in [0.4, 0.5) is 5.69 Å². The number of carbonyl (C=O) groups excluding carboxylic acids is 1. The van der Waals surface area contributed by atoms with Gasteiger partial charge in [0.1, 0.15) is 17.9 Å². The summed E-state index contributed by atoms with van der Waals surface area (Å²) in [7, 11) is 1.64. The van der Waals surface area contributed by atoms with Crippen molar-refractivity contribution in [3.63, 3.8) is 0 Å². The Balaban J connectivity index is 1.45. The number of nitrogens with zero attached hydrogens (tertiary/aromatic N) is 3. The van der Waals surface area contributed by atoms with Crippen molar-refractivity contribution in [2.45, 2.75) is 33.2 Å². The summed E-state index contributed by atoms with van der Waals surface area (Å²) in [5.74, 6) is 0.489. The zero-order valence-corrected chi connectivity index (χ0v) is 22.1. The summed E-state index contributed by atoms with van der Waals surface area (Å²) in [5.41, 5.74) is 14.2. The molecule has 0 amide bonds. The first-order valence-electron chi connectivity index (χ1n) is 12.8. The highest BCUT2D eigenvalue weighted by Gasteiger charge is 2.34.